The second-order valence-corrected chi connectivity index (χ2v) is 5.55. The van der Waals surface area contributed by atoms with Crippen LogP contribution in [0.1, 0.15) is 23.1 Å². The lowest BCUT2D eigenvalue weighted by atomic mass is 9.89. The molecule has 4 rings (SSSR count). The number of hydrogen-bond donors (Lipinski definition) is 2. The highest BCUT2D eigenvalue weighted by molar-refractivity contribution is 5.60. The van der Waals surface area contributed by atoms with Gasteiger partial charge in [-0.3, -0.25) is 0 Å². The highest BCUT2D eigenvalue weighted by Gasteiger charge is 2.42. The Morgan fingerprint density at radius 3 is 2.57 bits per heavy atom. The van der Waals surface area contributed by atoms with Gasteiger partial charge in [-0.1, -0.05) is 0 Å². The van der Waals surface area contributed by atoms with Crippen LogP contribution in [0.5, 0.6) is 34.5 Å². The van der Waals surface area contributed by atoms with Crippen LogP contribution >= 0.6 is 0 Å². The van der Waals surface area contributed by atoms with Crippen LogP contribution in [-0.4, -0.2) is 31.0 Å². The van der Waals surface area contributed by atoms with Crippen molar-refractivity contribution in [2.24, 2.45) is 0 Å². The maximum absolute atomic E-state index is 10.2. The Balaban J connectivity index is 1.79. The van der Waals surface area contributed by atoms with E-state index in [4.69, 9.17) is 18.9 Å². The molecule has 23 heavy (non-hydrogen) atoms. The quantitative estimate of drug-likeness (QED) is 0.887. The summed E-state index contributed by atoms with van der Waals surface area (Å²) < 4.78 is 22.0. The van der Waals surface area contributed by atoms with E-state index in [0.717, 1.165) is 11.1 Å². The van der Waals surface area contributed by atoms with Gasteiger partial charge in [-0.2, -0.15) is 0 Å². The van der Waals surface area contributed by atoms with Gasteiger partial charge in [-0.05, 0) is 18.2 Å². The third-order valence-electron chi connectivity index (χ3n) is 4.39. The van der Waals surface area contributed by atoms with Crippen molar-refractivity contribution < 1.29 is 29.2 Å². The minimum absolute atomic E-state index is 0.0246. The lowest BCUT2D eigenvalue weighted by Gasteiger charge is -2.28. The monoisotopic (exact) mass is 316 g/mol. The molecule has 6 heteroatoms. The summed E-state index contributed by atoms with van der Waals surface area (Å²) in [4.78, 5) is 0. The Hall–Kier alpha value is -2.76. The molecule has 120 valence electrons. The topological polar surface area (TPSA) is 77.4 Å². The van der Waals surface area contributed by atoms with E-state index in [0.29, 0.717) is 29.6 Å². The molecule has 2 heterocycles. The third kappa shape index (κ3) is 1.87. The summed E-state index contributed by atoms with van der Waals surface area (Å²) >= 11 is 0. The molecule has 0 aliphatic carbocycles. The summed E-state index contributed by atoms with van der Waals surface area (Å²) in [6, 6.07) is 6.83. The van der Waals surface area contributed by atoms with Crippen molar-refractivity contribution in [3.63, 3.8) is 0 Å². The predicted molar refractivity (Wildman–Crippen MR) is 80.9 cm³/mol. The third-order valence-corrected chi connectivity index (χ3v) is 4.39. The van der Waals surface area contributed by atoms with E-state index in [9.17, 15) is 10.2 Å². The normalized spacial score (nSPS) is 20.6. The largest absolute Gasteiger partial charge is 0.504 e. The Bertz CT molecular complexity index is 785. The van der Waals surface area contributed by atoms with E-state index in [-0.39, 0.29) is 23.5 Å². The molecular weight excluding hydrogens is 300 g/mol. The zero-order valence-electron chi connectivity index (χ0n) is 12.7. The van der Waals surface area contributed by atoms with Crippen molar-refractivity contribution in [1.82, 2.24) is 0 Å². The molecule has 0 amide bonds. The highest BCUT2D eigenvalue weighted by atomic mass is 16.5. The first-order chi connectivity index (χ1) is 11.1. The molecule has 0 fully saturated rings. The zero-order valence-corrected chi connectivity index (χ0v) is 12.7. The number of benzene rings is 2. The fourth-order valence-electron chi connectivity index (χ4n) is 3.24. The first-order valence-electron chi connectivity index (χ1n) is 7.24. The van der Waals surface area contributed by atoms with E-state index in [1.165, 1.54) is 14.2 Å². The lowest BCUT2D eigenvalue weighted by molar-refractivity contribution is 0.135. The first kappa shape index (κ1) is 13.9. The molecule has 2 N–H and O–H groups in total. The maximum Gasteiger partial charge on any atom is 0.201 e. The fraction of sp³-hybridized carbons (Fsp3) is 0.294. The number of ether oxygens (including phenoxy) is 4. The molecule has 2 aliphatic heterocycles. The number of methoxy groups -OCH3 is 2. The minimum Gasteiger partial charge on any atom is -0.504 e. The molecular formula is C17H16O6. The SMILES string of the molecule is COc1cc2c(cc1O)O[C@@H]1c3ccc(OC)c(O)c3OC[C@H]21. The molecule has 6 nitrogen and oxygen atoms in total. The average molecular weight is 316 g/mol. The van der Waals surface area contributed by atoms with Gasteiger partial charge in [-0.25, -0.2) is 0 Å². The van der Waals surface area contributed by atoms with Crippen molar-refractivity contribution in [2.75, 3.05) is 20.8 Å². The highest BCUT2D eigenvalue weighted by Crippen LogP contribution is 2.55. The molecule has 0 spiro atoms. The van der Waals surface area contributed by atoms with Crippen LogP contribution in [0, 0.1) is 0 Å². The molecule has 0 saturated carbocycles. The van der Waals surface area contributed by atoms with E-state index in [1.807, 2.05) is 6.07 Å². The summed E-state index contributed by atoms with van der Waals surface area (Å²) in [6.07, 6.45) is -0.280. The van der Waals surface area contributed by atoms with Gasteiger partial charge in [0.15, 0.2) is 23.0 Å². The second kappa shape index (κ2) is 4.87. The van der Waals surface area contributed by atoms with Crippen LogP contribution in [-0.2, 0) is 0 Å². The first-order valence-corrected chi connectivity index (χ1v) is 7.24. The molecule has 2 aliphatic rings. The van der Waals surface area contributed by atoms with E-state index in [1.54, 1.807) is 18.2 Å². The molecule has 0 aromatic heterocycles. The van der Waals surface area contributed by atoms with Crippen molar-refractivity contribution in [3.8, 4) is 34.5 Å². The molecule has 0 bridgehead atoms. The van der Waals surface area contributed by atoms with Crippen LogP contribution in [0.3, 0.4) is 0 Å². The van der Waals surface area contributed by atoms with Crippen molar-refractivity contribution in [1.29, 1.82) is 0 Å². The van der Waals surface area contributed by atoms with Crippen LogP contribution in [0.25, 0.3) is 0 Å². The summed E-state index contributed by atoms with van der Waals surface area (Å²) in [5.74, 6) is 1.72. The van der Waals surface area contributed by atoms with Crippen LogP contribution in [0.4, 0.5) is 0 Å². The van der Waals surface area contributed by atoms with Crippen molar-refractivity contribution in [2.45, 2.75) is 12.0 Å². The van der Waals surface area contributed by atoms with Gasteiger partial charge < -0.3 is 29.2 Å². The van der Waals surface area contributed by atoms with Crippen molar-refractivity contribution in [3.05, 3.63) is 35.4 Å². The second-order valence-electron chi connectivity index (χ2n) is 5.55. The lowest BCUT2D eigenvalue weighted by Crippen LogP contribution is -2.23. The van der Waals surface area contributed by atoms with Gasteiger partial charge in [0.05, 0.1) is 26.7 Å². The van der Waals surface area contributed by atoms with E-state index < -0.39 is 0 Å². The van der Waals surface area contributed by atoms with Crippen molar-refractivity contribution >= 4 is 0 Å². The molecule has 2 aromatic carbocycles. The fourth-order valence-corrected chi connectivity index (χ4v) is 3.24. The van der Waals surface area contributed by atoms with Crippen LogP contribution in [0.2, 0.25) is 0 Å². The van der Waals surface area contributed by atoms with Gasteiger partial charge in [0.2, 0.25) is 5.75 Å². The Kier molecular flexibility index (Phi) is 2.94. The van der Waals surface area contributed by atoms with Gasteiger partial charge in [0.1, 0.15) is 11.9 Å². The number of phenols is 2. The number of rotatable bonds is 2. The zero-order chi connectivity index (χ0) is 16.1. The van der Waals surface area contributed by atoms with Gasteiger partial charge in [0, 0.05) is 17.2 Å². The number of hydrogen-bond acceptors (Lipinski definition) is 6. The Morgan fingerprint density at radius 1 is 1.04 bits per heavy atom. The summed E-state index contributed by atoms with van der Waals surface area (Å²) in [7, 11) is 3.00. The number of phenolic OH excluding ortho intramolecular Hbond substituents is 2. The summed E-state index contributed by atoms with van der Waals surface area (Å²) in [5, 5.41) is 20.2. The summed E-state index contributed by atoms with van der Waals surface area (Å²) in [6.45, 7) is 0.360. The van der Waals surface area contributed by atoms with E-state index in [2.05, 4.69) is 0 Å². The van der Waals surface area contributed by atoms with Crippen LogP contribution in [0.15, 0.2) is 24.3 Å². The average Bonchev–Trinajstić information content (AvgIpc) is 2.92. The smallest absolute Gasteiger partial charge is 0.201 e. The molecule has 2 atom stereocenters. The Labute approximate surface area is 132 Å². The molecule has 0 saturated heterocycles. The molecule has 0 radical (unpaired) electrons. The number of aromatic hydroxyl groups is 2. The van der Waals surface area contributed by atoms with Gasteiger partial charge in [-0.15, -0.1) is 0 Å². The van der Waals surface area contributed by atoms with Gasteiger partial charge in [0.25, 0.3) is 0 Å². The summed E-state index contributed by atoms with van der Waals surface area (Å²) in [5.41, 5.74) is 1.68. The maximum atomic E-state index is 10.2. The predicted octanol–water partition coefficient (Wildman–Crippen LogP) is 2.72. The van der Waals surface area contributed by atoms with E-state index >= 15 is 0 Å². The molecule has 0 unspecified atom stereocenters. The minimum atomic E-state index is -0.280. The Morgan fingerprint density at radius 2 is 1.83 bits per heavy atom. The van der Waals surface area contributed by atoms with Crippen LogP contribution < -0.4 is 18.9 Å². The number of fused-ring (bicyclic) bond motifs is 5. The molecule has 2 aromatic rings. The standard InChI is InChI=1S/C17H16O6/c1-20-12-4-3-8-16-10(7-22-17(8)15(12)19)9-5-14(21-2)11(18)6-13(9)23-16/h3-6,10,16,18-19H,7H2,1-2H3/t10-,16-/m1/s1. The van der Waals surface area contributed by atoms with Gasteiger partial charge >= 0.3 is 0 Å².